The van der Waals surface area contributed by atoms with E-state index in [2.05, 4.69) is 26.8 Å². The standard InChI is InChI=1S/C25H32FN3O3/c1-2-32-25(30)24(23(20-6-4-3-5-7-20)29-16-18-31-19-17-29)28-14-12-27(13-15-28)22-10-8-21(26)9-11-22/h3-11,23-24H,2,12-19H2,1H3/t23-,24+/m1/s1. The van der Waals surface area contributed by atoms with Gasteiger partial charge in [0.1, 0.15) is 11.9 Å². The summed E-state index contributed by atoms with van der Waals surface area (Å²) in [7, 11) is 0. The van der Waals surface area contributed by atoms with E-state index in [4.69, 9.17) is 9.47 Å². The SMILES string of the molecule is CCOC(=O)[C@H]([C@@H](c1ccccc1)N1CCOCC1)N1CCN(c2ccc(F)cc2)CC1. The fourth-order valence-corrected chi connectivity index (χ4v) is 4.71. The van der Waals surface area contributed by atoms with Crippen molar-refractivity contribution in [2.24, 2.45) is 0 Å². The Bertz CT molecular complexity index is 850. The van der Waals surface area contributed by atoms with Crippen LogP contribution in [0.1, 0.15) is 18.5 Å². The Morgan fingerprint density at radius 3 is 2.22 bits per heavy atom. The molecule has 4 rings (SSSR count). The third kappa shape index (κ3) is 5.28. The molecule has 0 radical (unpaired) electrons. The molecular formula is C25H32FN3O3. The predicted molar refractivity (Wildman–Crippen MR) is 122 cm³/mol. The summed E-state index contributed by atoms with van der Waals surface area (Å²) >= 11 is 0. The maximum absolute atomic E-state index is 13.3. The molecule has 2 aliphatic rings. The van der Waals surface area contributed by atoms with E-state index in [0.717, 1.165) is 50.5 Å². The molecule has 0 aliphatic carbocycles. The molecule has 0 N–H and O–H groups in total. The van der Waals surface area contributed by atoms with Crippen molar-refractivity contribution < 1.29 is 18.7 Å². The van der Waals surface area contributed by atoms with Crippen molar-refractivity contribution in [3.05, 3.63) is 66.0 Å². The Labute approximate surface area is 189 Å². The van der Waals surface area contributed by atoms with Crippen LogP contribution in [0.15, 0.2) is 54.6 Å². The number of hydrogen-bond donors (Lipinski definition) is 0. The van der Waals surface area contributed by atoms with Crippen molar-refractivity contribution in [2.45, 2.75) is 19.0 Å². The summed E-state index contributed by atoms with van der Waals surface area (Å²) in [6.45, 7) is 8.11. The molecule has 2 atom stereocenters. The number of piperazine rings is 1. The number of halogens is 1. The van der Waals surface area contributed by atoms with Gasteiger partial charge in [-0.1, -0.05) is 30.3 Å². The molecule has 0 unspecified atom stereocenters. The average molecular weight is 442 g/mol. The summed E-state index contributed by atoms with van der Waals surface area (Å²) in [5, 5.41) is 0. The van der Waals surface area contributed by atoms with Crippen molar-refractivity contribution in [3.8, 4) is 0 Å². The van der Waals surface area contributed by atoms with Crippen LogP contribution in [0.4, 0.5) is 10.1 Å². The van der Waals surface area contributed by atoms with Crippen LogP contribution in [0.2, 0.25) is 0 Å². The fraction of sp³-hybridized carbons (Fsp3) is 0.480. The highest BCUT2D eigenvalue weighted by atomic mass is 19.1. The Morgan fingerprint density at radius 2 is 1.59 bits per heavy atom. The summed E-state index contributed by atoms with van der Waals surface area (Å²) in [4.78, 5) is 20.2. The zero-order valence-corrected chi connectivity index (χ0v) is 18.7. The number of rotatable bonds is 7. The molecule has 0 saturated carbocycles. The van der Waals surface area contributed by atoms with E-state index in [-0.39, 0.29) is 17.8 Å². The lowest BCUT2D eigenvalue weighted by atomic mass is 9.95. The van der Waals surface area contributed by atoms with Crippen molar-refractivity contribution in [1.29, 1.82) is 0 Å². The minimum atomic E-state index is -0.397. The van der Waals surface area contributed by atoms with E-state index >= 15 is 0 Å². The molecule has 0 spiro atoms. The number of esters is 1. The highest BCUT2D eigenvalue weighted by molar-refractivity contribution is 5.77. The quantitative estimate of drug-likeness (QED) is 0.616. The summed E-state index contributed by atoms with van der Waals surface area (Å²) in [6, 6.07) is 16.4. The number of carbonyl (C=O) groups excluding carboxylic acids is 1. The van der Waals surface area contributed by atoms with Crippen LogP contribution in [0.25, 0.3) is 0 Å². The van der Waals surface area contributed by atoms with Gasteiger partial charge in [0.15, 0.2) is 0 Å². The van der Waals surface area contributed by atoms with Crippen molar-refractivity contribution >= 4 is 11.7 Å². The van der Waals surface area contributed by atoms with Gasteiger partial charge in [0.25, 0.3) is 0 Å². The van der Waals surface area contributed by atoms with E-state index < -0.39 is 6.04 Å². The van der Waals surface area contributed by atoms with E-state index in [9.17, 15) is 9.18 Å². The van der Waals surface area contributed by atoms with Gasteiger partial charge >= 0.3 is 5.97 Å². The topological polar surface area (TPSA) is 45.2 Å². The van der Waals surface area contributed by atoms with Crippen LogP contribution in [0, 0.1) is 5.82 Å². The third-order valence-electron chi connectivity index (χ3n) is 6.31. The maximum Gasteiger partial charge on any atom is 0.325 e. The molecule has 0 amide bonds. The molecule has 32 heavy (non-hydrogen) atoms. The minimum absolute atomic E-state index is 0.100. The summed E-state index contributed by atoms with van der Waals surface area (Å²) in [5.41, 5.74) is 2.12. The van der Waals surface area contributed by atoms with Crippen molar-refractivity contribution in [2.75, 3.05) is 64.0 Å². The molecule has 2 heterocycles. The molecule has 2 aliphatic heterocycles. The Kier molecular flexibility index (Phi) is 7.73. The second-order valence-electron chi connectivity index (χ2n) is 8.20. The number of morpholine rings is 1. The number of anilines is 1. The highest BCUT2D eigenvalue weighted by Gasteiger charge is 2.40. The Balaban J connectivity index is 1.58. The number of hydrogen-bond acceptors (Lipinski definition) is 6. The molecular weight excluding hydrogens is 409 g/mol. The monoisotopic (exact) mass is 441 g/mol. The van der Waals surface area contributed by atoms with Gasteiger partial charge in [-0.25, -0.2) is 4.39 Å². The molecule has 2 fully saturated rings. The first-order chi connectivity index (χ1) is 15.7. The number of benzene rings is 2. The second kappa shape index (κ2) is 10.9. The molecule has 0 bridgehead atoms. The molecule has 2 saturated heterocycles. The lowest BCUT2D eigenvalue weighted by Crippen LogP contribution is -2.58. The lowest BCUT2D eigenvalue weighted by molar-refractivity contribution is -0.154. The zero-order chi connectivity index (χ0) is 22.3. The molecule has 2 aromatic carbocycles. The average Bonchev–Trinajstić information content (AvgIpc) is 2.84. The van der Waals surface area contributed by atoms with Gasteiger partial charge in [0.2, 0.25) is 0 Å². The van der Waals surface area contributed by atoms with E-state index in [1.807, 2.05) is 37.3 Å². The van der Waals surface area contributed by atoms with Gasteiger partial charge in [-0.3, -0.25) is 14.6 Å². The number of carbonyl (C=O) groups is 1. The van der Waals surface area contributed by atoms with E-state index in [1.165, 1.54) is 12.1 Å². The largest absolute Gasteiger partial charge is 0.465 e. The van der Waals surface area contributed by atoms with Gasteiger partial charge in [-0.05, 0) is 36.8 Å². The van der Waals surface area contributed by atoms with Gasteiger partial charge in [-0.15, -0.1) is 0 Å². The lowest BCUT2D eigenvalue weighted by Gasteiger charge is -2.45. The van der Waals surface area contributed by atoms with Crippen LogP contribution in [0.3, 0.4) is 0 Å². The van der Waals surface area contributed by atoms with Gasteiger partial charge in [0, 0.05) is 45.0 Å². The number of ether oxygens (including phenoxy) is 2. The Morgan fingerprint density at radius 1 is 0.938 bits per heavy atom. The summed E-state index contributed by atoms with van der Waals surface area (Å²) in [6.07, 6.45) is 0. The van der Waals surface area contributed by atoms with Crippen molar-refractivity contribution in [3.63, 3.8) is 0 Å². The maximum atomic E-state index is 13.3. The molecule has 2 aromatic rings. The molecule has 0 aromatic heterocycles. The van der Waals surface area contributed by atoms with Crippen molar-refractivity contribution in [1.82, 2.24) is 9.80 Å². The second-order valence-corrected chi connectivity index (χ2v) is 8.20. The first-order valence-electron chi connectivity index (χ1n) is 11.5. The van der Waals surface area contributed by atoms with Gasteiger partial charge < -0.3 is 14.4 Å². The first kappa shape index (κ1) is 22.7. The normalized spacial score (nSPS) is 20.0. The third-order valence-corrected chi connectivity index (χ3v) is 6.31. The van der Waals surface area contributed by atoms with Crippen LogP contribution in [-0.4, -0.2) is 80.9 Å². The van der Waals surface area contributed by atoms with E-state index in [0.29, 0.717) is 19.8 Å². The summed E-state index contributed by atoms with van der Waals surface area (Å²) in [5.74, 6) is -0.408. The Hall–Kier alpha value is -2.48. The minimum Gasteiger partial charge on any atom is -0.465 e. The van der Waals surface area contributed by atoms with Crippen LogP contribution >= 0.6 is 0 Å². The van der Waals surface area contributed by atoms with Gasteiger partial charge in [0.05, 0.1) is 25.9 Å². The predicted octanol–water partition coefficient (Wildman–Crippen LogP) is 2.95. The summed E-state index contributed by atoms with van der Waals surface area (Å²) < 4.78 is 24.5. The van der Waals surface area contributed by atoms with Gasteiger partial charge in [-0.2, -0.15) is 0 Å². The van der Waals surface area contributed by atoms with E-state index in [1.54, 1.807) is 0 Å². The molecule has 7 heteroatoms. The first-order valence-corrected chi connectivity index (χ1v) is 11.5. The smallest absolute Gasteiger partial charge is 0.325 e. The molecule has 6 nitrogen and oxygen atoms in total. The zero-order valence-electron chi connectivity index (χ0n) is 18.7. The van der Waals surface area contributed by atoms with Crippen LogP contribution in [0.5, 0.6) is 0 Å². The number of nitrogens with zero attached hydrogens (tertiary/aromatic N) is 3. The van der Waals surface area contributed by atoms with Crippen LogP contribution in [-0.2, 0) is 14.3 Å². The highest BCUT2D eigenvalue weighted by Crippen LogP contribution is 2.31. The molecule has 172 valence electrons. The van der Waals surface area contributed by atoms with Crippen LogP contribution < -0.4 is 4.90 Å². The fourth-order valence-electron chi connectivity index (χ4n) is 4.71.